The maximum atomic E-state index is 6.56. The number of nitrogens with zero attached hydrogens (tertiary/aromatic N) is 1. The van der Waals surface area contributed by atoms with E-state index in [2.05, 4.69) is 132 Å². The summed E-state index contributed by atoms with van der Waals surface area (Å²) in [5.41, 5.74) is 11.5. The van der Waals surface area contributed by atoms with Crippen LogP contribution in [0.5, 0.6) is 0 Å². The SMILES string of the molecule is c1ccc(-c2ccc3c4cc(-c5cccc6c5oc5ccccc56)ccc4n(-c4cccc5c4oc4ccccc45)c3c2)cc1. The van der Waals surface area contributed by atoms with Gasteiger partial charge in [-0.1, -0.05) is 115 Å². The maximum absolute atomic E-state index is 6.56. The van der Waals surface area contributed by atoms with E-state index in [-0.39, 0.29) is 0 Å². The van der Waals surface area contributed by atoms with E-state index < -0.39 is 0 Å². The van der Waals surface area contributed by atoms with E-state index in [9.17, 15) is 0 Å². The van der Waals surface area contributed by atoms with E-state index in [1.54, 1.807) is 0 Å². The van der Waals surface area contributed by atoms with E-state index in [0.717, 1.165) is 71.7 Å². The first-order valence-corrected chi connectivity index (χ1v) is 15.3. The molecule has 0 aliphatic rings. The molecule has 0 saturated heterocycles. The minimum Gasteiger partial charge on any atom is -0.455 e. The fourth-order valence-electron chi connectivity index (χ4n) is 7.14. The highest BCUT2D eigenvalue weighted by Crippen LogP contribution is 2.42. The molecule has 0 radical (unpaired) electrons. The van der Waals surface area contributed by atoms with Gasteiger partial charge in [-0.25, -0.2) is 0 Å². The Morgan fingerprint density at radius 3 is 1.80 bits per heavy atom. The molecule has 3 nitrogen and oxygen atoms in total. The number of benzene rings is 7. The van der Waals surface area contributed by atoms with Crippen molar-refractivity contribution in [2.45, 2.75) is 0 Å². The van der Waals surface area contributed by atoms with Crippen LogP contribution in [0.15, 0.2) is 160 Å². The predicted octanol–water partition coefficient (Wildman–Crippen LogP) is 11.9. The monoisotopic (exact) mass is 575 g/mol. The Labute approximate surface area is 258 Å². The van der Waals surface area contributed by atoms with Gasteiger partial charge < -0.3 is 13.4 Å². The van der Waals surface area contributed by atoms with E-state index in [1.807, 2.05) is 24.3 Å². The Morgan fingerprint density at radius 1 is 0.356 bits per heavy atom. The zero-order valence-corrected chi connectivity index (χ0v) is 24.2. The van der Waals surface area contributed by atoms with Gasteiger partial charge >= 0.3 is 0 Å². The second-order valence-electron chi connectivity index (χ2n) is 11.7. The van der Waals surface area contributed by atoms with Gasteiger partial charge in [-0.15, -0.1) is 0 Å². The minimum absolute atomic E-state index is 0.888. The van der Waals surface area contributed by atoms with Crippen molar-refractivity contribution >= 4 is 65.7 Å². The molecule has 10 aromatic rings. The number of furan rings is 2. The normalized spacial score (nSPS) is 12.0. The molecule has 10 rings (SSSR count). The number of hydrogen-bond acceptors (Lipinski definition) is 2. The van der Waals surface area contributed by atoms with Crippen LogP contribution in [0.2, 0.25) is 0 Å². The molecule has 0 saturated carbocycles. The predicted molar refractivity (Wildman–Crippen MR) is 186 cm³/mol. The third-order valence-electron chi connectivity index (χ3n) is 9.21. The first-order chi connectivity index (χ1) is 22.3. The fraction of sp³-hybridized carbons (Fsp3) is 0. The molecular weight excluding hydrogens is 550 g/mol. The lowest BCUT2D eigenvalue weighted by Gasteiger charge is -2.10. The molecule has 0 bridgehead atoms. The smallest absolute Gasteiger partial charge is 0.159 e. The standard InChI is InChI=1S/C42H25NO2/c1-2-10-26(11-3-1)27-20-22-30-35-24-28(29-14-8-15-33-31-12-4-6-18-39(31)44-41(29)33)21-23-36(35)43(38(30)25-27)37-17-9-16-34-32-13-5-7-19-40(32)45-42(34)37/h1-25H. The van der Waals surface area contributed by atoms with Crippen molar-refractivity contribution in [3.05, 3.63) is 152 Å². The summed E-state index contributed by atoms with van der Waals surface area (Å²) < 4.78 is 15.4. The molecule has 210 valence electrons. The molecule has 0 amide bonds. The average molecular weight is 576 g/mol. The number of para-hydroxylation sites is 4. The van der Waals surface area contributed by atoms with Gasteiger partial charge in [0.05, 0.1) is 16.7 Å². The van der Waals surface area contributed by atoms with Gasteiger partial charge in [-0.05, 0) is 53.1 Å². The Morgan fingerprint density at radius 2 is 1.00 bits per heavy atom. The molecule has 3 aromatic heterocycles. The minimum atomic E-state index is 0.888. The van der Waals surface area contributed by atoms with E-state index in [1.165, 1.54) is 21.9 Å². The Bertz CT molecular complexity index is 2760. The van der Waals surface area contributed by atoms with Gasteiger partial charge in [0.1, 0.15) is 16.7 Å². The summed E-state index contributed by atoms with van der Waals surface area (Å²) in [6, 6.07) is 53.6. The number of hydrogen-bond donors (Lipinski definition) is 0. The van der Waals surface area contributed by atoms with Crippen molar-refractivity contribution in [2.75, 3.05) is 0 Å². The summed E-state index contributed by atoms with van der Waals surface area (Å²) in [7, 11) is 0. The molecule has 0 atom stereocenters. The highest BCUT2D eigenvalue weighted by Gasteiger charge is 2.20. The first-order valence-electron chi connectivity index (χ1n) is 15.3. The van der Waals surface area contributed by atoms with Crippen molar-refractivity contribution in [1.82, 2.24) is 4.57 Å². The quantitative estimate of drug-likeness (QED) is 0.210. The third-order valence-corrected chi connectivity index (χ3v) is 9.21. The summed E-state index contributed by atoms with van der Waals surface area (Å²) in [6.45, 7) is 0. The molecule has 45 heavy (non-hydrogen) atoms. The summed E-state index contributed by atoms with van der Waals surface area (Å²) in [6.07, 6.45) is 0. The molecule has 0 aliphatic carbocycles. The molecule has 0 unspecified atom stereocenters. The van der Waals surface area contributed by atoms with E-state index in [0.29, 0.717) is 0 Å². The Kier molecular flexibility index (Phi) is 5.00. The zero-order chi connectivity index (χ0) is 29.5. The highest BCUT2D eigenvalue weighted by atomic mass is 16.3. The molecule has 3 heterocycles. The van der Waals surface area contributed by atoms with Crippen LogP contribution in [-0.4, -0.2) is 4.57 Å². The topological polar surface area (TPSA) is 31.2 Å². The summed E-state index contributed by atoms with van der Waals surface area (Å²) in [4.78, 5) is 0. The van der Waals surface area contributed by atoms with Crippen LogP contribution in [0.3, 0.4) is 0 Å². The van der Waals surface area contributed by atoms with Gasteiger partial charge in [-0.2, -0.15) is 0 Å². The van der Waals surface area contributed by atoms with Crippen LogP contribution in [0.4, 0.5) is 0 Å². The van der Waals surface area contributed by atoms with Crippen molar-refractivity contribution in [3.8, 4) is 27.9 Å². The molecule has 7 aromatic carbocycles. The number of fused-ring (bicyclic) bond motifs is 9. The number of aromatic nitrogens is 1. The van der Waals surface area contributed by atoms with Crippen molar-refractivity contribution in [1.29, 1.82) is 0 Å². The van der Waals surface area contributed by atoms with Crippen LogP contribution in [0.25, 0.3) is 93.6 Å². The van der Waals surface area contributed by atoms with Crippen molar-refractivity contribution in [2.24, 2.45) is 0 Å². The van der Waals surface area contributed by atoms with E-state index >= 15 is 0 Å². The van der Waals surface area contributed by atoms with Gasteiger partial charge in [0.25, 0.3) is 0 Å². The lowest BCUT2D eigenvalue weighted by molar-refractivity contribution is 0.666. The molecule has 3 heteroatoms. The lowest BCUT2D eigenvalue weighted by atomic mass is 9.99. The van der Waals surface area contributed by atoms with Gasteiger partial charge in [-0.3, -0.25) is 0 Å². The van der Waals surface area contributed by atoms with Gasteiger partial charge in [0.2, 0.25) is 0 Å². The van der Waals surface area contributed by atoms with Crippen LogP contribution >= 0.6 is 0 Å². The van der Waals surface area contributed by atoms with Crippen LogP contribution in [0.1, 0.15) is 0 Å². The van der Waals surface area contributed by atoms with Crippen molar-refractivity contribution in [3.63, 3.8) is 0 Å². The first kappa shape index (κ1) is 24.4. The zero-order valence-electron chi connectivity index (χ0n) is 24.2. The lowest BCUT2D eigenvalue weighted by Crippen LogP contribution is -1.94. The van der Waals surface area contributed by atoms with Crippen LogP contribution in [-0.2, 0) is 0 Å². The van der Waals surface area contributed by atoms with Gasteiger partial charge in [0, 0.05) is 37.9 Å². The Hall–Kier alpha value is -6.06. The van der Waals surface area contributed by atoms with Crippen molar-refractivity contribution < 1.29 is 8.83 Å². The van der Waals surface area contributed by atoms with E-state index in [4.69, 9.17) is 8.83 Å². The molecule has 0 spiro atoms. The second kappa shape index (κ2) is 9.22. The largest absolute Gasteiger partial charge is 0.455 e. The molecule has 0 aliphatic heterocycles. The molecular formula is C42H25NO2. The summed E-state index contributed by atoms with van der Waals surface area (Å²) in [5.74, 6) is 0. The summed E-state index contributed by atoms with van der Waals surface area (Å²) in [5, 5.41) is 6.89. The summed E-state index contributed by atoms with van der Waals surface area (Å²) >= 11 is 0. The van der Waals surface area contributed by atoms with Gasteiger partial charge in [0.15, 0.2) is 5.58 Å². The Balaban J connectivity index is 1.28. The fourth-order valence-corrected chi connectivity index (χ4v) is 7.14. The molecule has 0 fully saturated rings. The average Bonchev–Trinajstić information content (AvgIpc) is 3.77. The van der Waals surface area contributed by atoms with Crippen LogP contribution in [0, 0.1) is 0 Å². The van der Waals surface area contributed by atoms with Crippen LogP contribution < -0.4 is 0 Å². The molecule has 0 N–H and O–H groups in total. The third kappa shape index (κ3) is 3.52. The highest BCUT2D eigenvalue weighted by molar-refractivity contribution is 6.15. The number of rotatable bonds is 3. The maximum Gasteiger partial charge on any atom is 0.159 e. The second-order valence-corrected chi connectivity index (χ2v) is 11.7.